The van der Waals surface area contributed by atoms with Gasteiger partial charge in [-0.25, -0.2) is 0 Å². The molecule has 26 heavy (non-hydrogen) atoms. The van der Waals surface area contributed by atoms with Gasteiger partial charge in [-0.2, -0.15) is 0 Å². The van der Waals surface area contributed by atoms with Crippen LogP contribution in [-0.2, 0) is 23.9 Å². The third-order valence-corrected chi connectivity index (χ3v) is 3.39. The van der Waals surface area contributed by atoms with Crippen molar-refractivity contribution in [1.82, 2.24) is 16.0 Å². The lowest BCUT2D eigenvalue weighted by atomic mass is 10.0. The van der Waals surface area contributed by atoms with Gasteiger partial charge in [-0.05, 0) is 19.3 Å². The van der Waals surface area contributed by atoms with Crippen LogP contribution in [-0.4, -0.2) is 63.3 Å². The van der Waals surface area contributed by atoms with Crippen molar-refractivity contribution in [1.29, 1.82) is 0 Å². The highest BCUT2D eigenvalue weighted by molar-refractivity contribution is 5.88. The summed E-state index contributed by atoms with van der Waals surface area (Å²) in [6.45, 7) is 11.4. The number of carbonyl (C=O) groups is 3. The largest absolute Gasteiger partial charge is 0.377 e. The molecule has 1 unspecified atom stereocenters. The average Bonchev–Trinajstić information content (AvgIpc) is 2.56. The predicted octanol–water partition coefficient (Wildman–Crippen LogP) is 0.459. The summed E-state index contributed by atoms with van der Waals surface area (Å²) in [6.07, 6.45) is 0.582. The number of carbonyl (C=O) groups excluding carboxylic acids is 3. The zero-order valence-electron chi connectivity index (χ0n) is 16.7. The minimum atomic E-state index is -0.537. The summed E-state index contributed by atoms with van der Waals surface area (Å²) in [5, 5.41) is 8.19. The zero-order chi connectivity index (χ0) is 19.9. The number of hydrogen-bond donors (Lipinski definition) is 3. The molecule has 3 N–H and O–H groups in total. The van der Waals surface area contributed by atoms with Crippen molar-refractivity contribution in [2.24, 2.45) is 11.8 Å². The summed E-state index contributed by atoms with van der Waals surface area (Å²) in [7, 11) is 0. The Morgan fingerprint density at radius 1 is 0.885 bits per heavy atom. The van der Waals surface area contributed by atoms with Crippen LogP contribution in [0.25, 0.3) is 0 Å². The summed E-state index contributed by atoms with van der Waals surface area (Å²) < 4.78 is 10.5. The molecule has 0 aromatic heterocycles. The quantitative estimate of drug-likeness (QED) is 0.384. The van der Waals surface area contributed by atoms with Crippen LogP contribution in [0.4, 0.5) is 0 Å². The van der Waals surface area contributed by atoms with E-state index < -0.39 is 6.04 Å². The number of nitrogens with one attached hydrogen (secondary N) is 3. The molecule has 8 nitrogen and oxygen atoms in total. The van der Waals surface area contributed by atoms with Gasteiger partial charge < -0.3 is 25.4 Å². The SMILES string of the molecule is CCNC(=O)COCCOCCNC(=O)C(CC(C)C)NC(=O)C(C)C. The highest BCUT2D eigenvalue weighted by Gasteiger charge is 2.22. The monoisotopic (exact) mass is 373 g/mol. The standard InChI is InChI=1S/C18H35N3O5/c1-6-19-16(22)12-26-10-9-25-8-7-20-18(24)15(11-13(2)3)21-17(23)14(4)5/h13-15H,6-12H2,1-5H3,(H,19,22)(H,20,24)(H,21,23). The molecule has 0 spiro atoms. The maximum absolute atomic E-state index is 12.3. The third kappa shape index (κ3) is 12.7. The lowest BCUT2D eigenvalue weighted by molar-refractivity contribution is -0.131. The molecule has 0 bridgehead atoms. The van der Waals surface area contributed by atoms with E-state index >= 15 is 0 Å². The average molecular weight is 373 g/mol. The van der Waals surface area contributed by atoms with Gasteiger partial charge >= 0.3 is 0 Å². The fourth-order valence-corrected chi connectivity index (χ4v) is 2.04. The summed E-state index contributed by atoms with van der Waals surface area (Å²) in [4.78, 5) is 35.3. The van der Waals surface area contributed by atoms with E-state index in [1.54, 1.807) is 13.8 Å². The highest BCUT2D eigenvalue weighted by Crippen LogP contribution is 2.06. The molecule has 0 aliphatic carbocycles. The Bertz CT molecular complexity index is 427. The van der Waals surface area contributed by atoms with Crippen molar-refractivity contribution in [3.63, 3.8) is 0 Å². The van der Waals surface area contributed by atoms with E-state index in [9.17, 15) is 14.4 Å². The fourth-order valence-electron chi connectivity index (χ4n) is 2.04. The van der Waals surface area contributed by atoms with Crippen LogP contribution in [0.15, 0.2) is 0 Å². The molecule has 1 atom stereocenters. The Morgan fingerprint density at radius 2 is 1.54 bits per heavy atom. The smallest absolute Gasteiger partial charge is 0.245 e. The molecule has 3 amide bonds. The van der Waals surface area contributed by atoms with Crippen LogP contribution in [0.5, 0.6) is 0 Å². The maximum Gasteiger partial charge on any atom is 0.245 e. The predicted molar refractivity (Wildman–Crippen MR) is 99.6 cm³/mol. The van der Waals surface area contributed by atoms with Crippen molar-refractivity contribution in [3.05, 3.63) is 0 Å². The minimum Gasteiger partial charge on any atom is -0.377 e. The van der Waals surface area contributed by atoms with Gasteiger partial charge in [0, 0.05) is 19.0 Å². The molecular weight excluding hydrogens is 338 g/mol. The Kier molecular flexibility index (Phi) is 13.6. The molecule has 0 saturated carbocycles. The van der Waals surface area contributed by atoms with E-state index in [-0.39, 0.29) is 36.2 Å². The molecule has 8 heteroatoms. The first-order valence-corrected chi connectivity index (χ1v) is 9.28. The van der Waals surface area contributed by atoms with Crippen molar-refractivity contribution in [2.75, 3.05) is 39.5 Å². The molecule has 152 valence electrons. The first-order chi connectivity index (χ1) is 12.3. The first-order valence-electron chi connectivity index (χ1n) is 9.28. The minimum absolute atomic E-state index is 0.0143. The van der Waals surface area contributed by atoms with Gasteiger partial charge in [0.1, 0.15) is 12.6 Å². The van der Waals surface area contributed by atoms with Gasteiger partial charge in [0.15, 0.2) is 0 Å². The van der Waals surface area contributed by atoms with E-state index in [0.717, 1.165) is 0 Å². The molecule has 0 fully saturated rings. The summed E-state index contributed by atoms with van der Waals surface area (Å²) in [6, 6.07) is -0.537. The molecule has 0 aromatic carbocycles. The van der Waals surface area contributed by atoms with E-state index in [1.165, 1.54) is 0 Å². The van der Waals surface area contributed by atoms with Gasteiger partial charge in [-0.3, -0.25) is 14.4 Å². The number of ether oxygens (including phenoxy) is 2. The van der Waals surface area contributed by atoms with Crippen molar-refractivity contribution >= 4 is 17.7 Å². The van der Waals surface area contributed by atoms with Gasteiger partial charge in [0.25, 0.3) is 0 Å². The number of likely N-dealkylation sites (N-methyl/N-ethyl adjacent to an activating group) is 1. The highest BCUT2D eigenvalue weighted by atomic mass is 16.5. The lowest BCUT2D eigenvalue weighted by Gasteiger charge is -2.21. The molecule has 0 heterocycles. The Hall–Kier alpha value is -1.67. The fraction of sp³-hybridized carbons (Fsp3) is 0.833. The van der Waals surface area contributed by atoms with Crippen molar-refractivity contribution in [3.8, 4) is 0 Å². The lowest BCUT2D eigenvalue weighted by Crippen LogP contribution is -2.49. The van der Waals surface area contributed by atoms with Crippen LogP contribution >= 0.6 is 0 Å². The zero-order valence-corrected chi connectivity index (χ0v) is 16.7. The molecule has 0 aliphatic rings. The Balaban J connectivity index is 3.94. The molecule has 0 rings (SSSR count). The van der Waals surface area contributed by atoms with Crippen LogP contribution in [0.3, 0.4) is 0 Å². The topological polar surface area (TPSA) is 106 Å². The number of rotatable bonds is 14. The van der Waals surface area contributed by atoms with Crippen LogP contribution in [0.2, 0.25) is 0 Å². The normalized spacial score (nSPS) is 12.1. The Morgan fingerprint density at radius 3 is 2.12 bits per heavy atom. The second kappa shape index (κ2) is 14.5. The van der Waals surface area contributed by atoms with E-state index in [0.29, 0.717) is 39.3 Å². The van der Waals surface area contributed by atoms with E-state index in [1.807, 2.05) is 20.8 Å². The van der Waals surface area contributed by atoms with Gasteiger partial charge in [0.2, 0.25) is 17.7 Å². The van der Waals surface area contributed by atoms with E-state index in [2.05, 4.69) is 16.0 Å². The van der Waals surface area contributed by atoms with Gasteiger partial charge in [-0.1, -0.05) is 27.7 Å². The Labute approximate surface area is 156 Å². The second-order valence-electron chi connectivity index (χ2n) is 6.75. The maximum atomic E-state index is 12.3. The third-order valence-electron chi connectivity index (χ3n) is 3.39. The van der Waals surface area contributed by atoms with Crippen molar-refractivity contribution in [2.45, 2.75) is 47.1 Å². The molecule has 0 saturated heterocycles. The molecular formula is C18H35N3O5. The van der Waals surface area contributed by atoms with Crippen LogP contribution < -0.4 is 16.0 Å². The molecule has 0 aliphatic heterocycles. The summed E-state index contributed by atoms with van der Waals surface area (Å²) in [5.41, 5.74) is 0. The number of hydrogen-bond acceptors (Lipinski definition) is 5. The summed E-state index contributed by atoms with van der Waals surface area (Å²) >= 11 is 0. The molecule has 0 radical (unpaired) electrons. The van der Waals surface area contributed by atoms with E-state index in [4.69, 9.17) is 9.47 Å². The van der Waals surface area contributed by atoms with Crippen LogP contribution in [0.1, 0.15) is 41.0 Å². The molecule has 0 aromatic rings. The second-order valence-corrected chi connectivity index (χ2v) is 6.75. The summed E-state index contributed by atoms with van der Waals surface area (Å²) in [5.74, 6) is -0.369. The first kappa shape index (κ1) is 24.3. The number of amides is 3. The van der Waals surface area contributed by atoms with Crippen molar-refractivity contribution < 1.29 is 23.9 Å². The van der Waals surface area contributed by atoms with Gasteiger partial charge in [0.05, 0.1) is 19.8 Å². The van der Waals surface area contributed by atoms with Gasteiger partial charge in [-0.15, -0.1) is 0 Å². The van der Waals surface area contributed by atoms with Crippen LogP contribution in [0, 0.1) is 11.8 Å².